The Bertz CT molecular complexity index is 795. The highest BCUT2D eigenvalue weighted by atomic mass is 79.9. The van der Waals surface area contributed by atoms with Gasteiger partial charge in [0, 0.05) is 22.5 Å². The van der Waals surface area contributed by atoms with Crippen molar-refractivity contribution >= 4 is 39.5 Å². The van der Waals surface area contributed by atoms with Crippen LogP contribution < -0.4 is 5.32 Å². The van der Waals surface area contributed by atoms with Crippen LogP contribution in [0.3, 0.4) is 0 Å². The number of carbonyl (C=O) groups excluding carboxylic acids is 2. The van der Waals surface area contributed by atoms with Crippen LogP contribution in [0.5, 0.6) is 0 Å². The predicted molar refractivity (Wildman–Crippen MR) is 119 cm³/mol. The van der Waals surface area contributed by atoms with Gasteiger partial charge < -0.3 is 10.2 Å². The minimum absolute atomic E-state index is 0.0512. The van der Waals surface area contributed by atoms with Gasteiger partial charge in [-0.2, -0.15) is 0 Å². The van der Waals surface area contributed by atoms with Crippen LogP contribution in [0.25, 0.3) is 0 Å². The molecule has 0 saturated heterocycles. The van der Waals surface area contributed by atoms with Crippen LogP contribution in [0.15, 0.2) is 57.9 Å². The lowest BCUT2D eigenvalue weighted by Gasteiger charge is -2.28. The second kappa shape index (κ2) is 11.3. The number of hydrogen-bond acceptors (Lipinski definition) is 3. The molecule has 0 aromatic heterocycles. The van der Waals surface area contributed by atoms with Gasteiger partial charge in [0.2, 0.25) is 11.8 Å². The Balaban J connectivity index is 2.12. The number of amides is 2. The number of rotatable bonds is 9. The first kappa shape index (κ1) is 22.5. The Morgan fingerprint density at radius 2 is 1.89 bits per heavy atom. The molecule has 0 unspecified atom stereocenters. The summed E-state index contributed by atoms with van der Waals surface area (Å²) >= 11 is 4.96. The number of halogens is 1. The molecule has 0 radical (unpaired) electrons. The molecule has 1 N–H and O–H groups in total. The molecule has 0 fully saturated rings. The van der Waals surface area contributed by atoms with Crippen molar-refractivity contribution in [2.75, 3.05) is 12.3 Å². The molecule has 2 amide bonds. The van der Waals surface area contributed by atoms with Gasteiger partial charge in [-0.3, -0.25) is 9.59 Å². The standard InChI is InChI=1S/C22H27BrN2O2S/c1-4-12-24-22(27)17(3)25(14-18-6-5-7-19(23)13-18)21(26)15-28-20-10-8-16(2)9-11-20/h5-11,13,17H,4,12,14-15H2,1-3H3,(H,24,27)/t17-/m1/s1. The number of nitrogens with one attached hydrogen (secondary N) is 1. The number of carbonyl (C=O) groups is 2. The van der Waals surface area contributed by atoms with Crippen LogP contribution in [-0.4, -0.2) is 35.1 Å². The summed E-state index contributed by atoms with van der Waals surface area (Å²) < 4.78 is 0.953. The molecule has 0 aliphatic carbocycles. The van der Waals surface area contributed by atoms with Gasteiger partial charge in [-0.15, -0.1) is 11.8 Å². The molecule has 28 heavy (non-hydrogen) atoms. The first-order valence-corrected chi connectivity index (χ1v) is 11.2. The van der Waals surface area contributed by atoms with E-state index >= 15 is 0 Å². The summed E-state index contributed by atoms with van der Waals surface area (Å²) in [6.45, 7) is 6.84. The van der Waals surface area contributed by atoms with Crippen molar-refractivity contribution in [3.05, 3.63) is 64.1 Å². The first-order valence-electron chi connectivity index (χ1n) is 9.41. The van der Waals surface area contributed by atoms with Gasteiger partial charge in [0.25, 0.3) is 0 Å². The molecule has 4 nitrogen and oxygen atoms in total. The summed E-state index contributed by atoms with van der Waals surface area (Å²) in [5.41, 5.74) is 2.17. The minimum atomic E-state index is -0.531. The Hall–Kier alpha value is -1.79. The van der Waals surface area contributed by atoms with E-state index in [0.29, 0.717) is 18.8 Å². The fraction of sp³-hybridized carbons (Fsp3) is 0.364. The average molecular weight is 463 g/mol. The molecule has 2 aromatic carbocycles. The van der Waals surface area contributed by atoms with Crippen molar-refractivity contribution in [1.29, 1.82) is 0 Å². The van der Waals surface area contributed by atoms with E-state index in [1.54, 1.807) is 11.8 Å². The van der Waals surface area contributed by atoms with E-state index < -0.39 is 6.04 Å². The van der Waals surface area contributed by atoms with Crippen LogP contribution in [0.4, 0.5) is 0 Å². The van der Waals surface area contributed by atoms with Crippen molar-refractivity contribution in [2.24, 2.45) is 0 Å². The maximum absolute atomic E-state index is 13.0. The lowest BCUT2D eigenvalue weighted by atomic mass is 10.1. The summed E-state index contributed by atoms with van der Waals surface area (Å²) in [4.78, 5) is 28.2. The van der Waals surface area contributed by atoms with Gasteiger partial charge in [-0.1, -0.05) is 52.7 Å². The highest BCUT2D eigenvalue weighted by Crippen LogP contribution is 2.21. The number of nitrogens with zero attached hydrogens (tertiary/aromatic N) is 1. The van der Waals surface area contributed by atoms with Gasteiger partial charge in [-0.25, -0.2) is 0 Å². The SMILES string of the molecule is CCCNC(=O)[C@@H](C)N(Cc1cccc(Br)c1)C(=O)CSc1ccc(C)cc1. The van der Waals surface area contributed by atoms with Gasteiger partial charge >= 0.3 is 0 Å². The van der Waals surface area contributed by atoms with E-state index in [9.17, 15) is 9.59 Å². The molecular formula is C22H27BrN2O2S. The number of thioether (sulfide) groups is 1. The lowest BCUT2D eigenvalue weighted by molar-refractivity contribution is -0.138. The number of hydrogen-bond donors (Lipinski definition) is 1. The molecule has 2 rings (SSSR count). The predicted octanol–water partition coefficient (Wildman–Crippen LogP) is 4.79. The second-order valence-electron chi connectivity index (χ2n) is 6.72. The van der Waals surface area contributed by atoms with E-state index in [1.807, 2.05) is 62.4 Å². The highest BCUT2D eigenvalue weighted by Gasteiger charge is 2.26. The minimum Gasteiger partial charge on any atom is -0.354 e. The van der Waals surface area contributed by atoms with E-state index in [-0.39, 0.29) is 11.8 Å². The smallest absolute Gasteiger partial charge is 0.242 e. The number of benzene rings is 2. The fourth-order valence-electron chi connectivity index (χ4n) is 2.67. The van der Waals surface area contributed by atoms with Crippen LogP contribution in [0, 0.1) is 6.92 Å². The molecule has 0 spiro atoms. The normalized spacial score (nSPS) is 11.7. The molecular weight excluding hydrogens is 436 g/mol. The zero-order chi connectivity index (χ0) is 20.5. The summed E-state index contributed by atoms with van der Waals surface area (Å²) in [7, 11) is 0. The first-order chi connectivity index (χ1) is 13.4. The van der Waals surface area contributed by atoms with Crippen molar-refractivity contribution in [3.63, 3.8) is 0 Å². The lowest BCUT2D eigenvalue weighted by Crippen LogP contribution is -2.48. The van der Waals surface area contributed by atoms with Crippen molar-refractivity contribution in [1.82, 2.24) is 10.2 Å². The topological polar surface area (TPSA) is 49.4 Å². The summed E-state index contributed by atoms with van der Waals surface area (Å²) in [5, 5.41) is 2.90. The zero-order valence-corrected chi connectivity index (χ0v) is 19.0. The third kappa shape index (κ3) is 6.99. The summed E-state index contributed by atoms with van der Waals surface area (Å²) in [6.07, 6.45) is 0.862. The van der Waals surface area contributed by atoms with Crippen LogP contribution >= 0.6 is 27.7 Å². The molecule has 6 heteroatoms. The van der Waals surface area contributed by atoms with Gasteiger partial charge in [0.1, 0.15) is 6.04 Å². The Labute approximate surface area is 180 Å². The fourth-order valence-corrected chi connectivity index (χ4v) is 3.90. The third-order valence-corrected chi connectivity index (χ3v) is 5.83. The van der Waals surface area contributed by atoms with Crippen LogP contribution in [0.1, 0.15) is 31.4 Å². The van der Waals surface area contributed by atoms with Crippen LogP contribution in [0.2, 0.25) is 0 Å². The quantitative estimate of drug-likeness (QED) is 0.544. The van der Waals surface area contributed by atoms with Crippen molar-refractivity contribution in [2.45, 2.75) is 44.7 Å². The molecule has 1 atom stereocenters. The van der Waals surface area contributed by atoms with E-state index in [2.05, 4.69) is 21.2 Å². The zero-order valence-electron chi connectivity index (χ0n) is 16.6. The van der Waals surface area contributed by atoms with E-state index in [4.69, 9.17) is 0 Å². The van der Waals surface area contributed by atoms with Gasteiger partial charge in [0.15, 0.2) is 0 Å². The largest absolute Gasteiger partial charge is 0.354 e. The van der Waals surface area contributed by atoms with Crippen LogP contribution in [-0.2, 0) is 16.1 Å². The maximum atomic E-state index is 13.0. The average Bonchev–Trinajstić information content (AvgIpc) is 2.69. The molecule has 0 aliphatic heterocycles. The van der Waals surface area contributed by atoms with Gasteiger partial charge in [0.05, 0.1) is 5.75 Å². The van der Waals surface area contributed by atoms with Gasteiger partial charge in [-0.05, 0) is 50.1 Å². The van der Waals surface area contributed by atoms with Crippen molar-refractivity contribution in [3.8, 4) is 0 Å². The highest BCUT2D eigenvalue weighted by molar-refractivity contribution is 9.10. The maximum Gasteiger partial charge on any atom is 0.242 e. The summed E-state index contributed by atoms with van der Waals surface area (Å²) in [5.74, 6) is 0.123. The Morgan fingerprint density at radius 3 is 2.54 bits per heavy atom. The van der Waals surface area contributed by atoms with E-state index in [0.717, 1.165) is 21.4 Å². The number of aryl methyl sites for hydroxylation is 1. The third-order valence-electron chi connectivity index (χ3n) is 4.34. The molecule has 0 aliphatic rings. The van der Waals surface area contributed by atoms with Crippen molar-refractivity contribution < 1.29 is 9.59 Å². The molecule has 2 aromatic rings. The molecule has 150 valence electrons. The molecule has 0 bridgehead atoms. The van der Waals surface area contributed by atoms with E-state index in [1.165, 1.54) is 17.3 Å². The monoisotopic (exact) mass is 462 g/mol. The Kier molecular flexibility index (Phi) is 9.06. The second-order valence-corrected chi connectivity index (χ2v) is 8.68. The molecule has 0 saturated carbocycles. The summed E-state index contributed by atoms with van der Waals surface area (Å²) in [6, 6.07) is 15.4. The Morgan fingerprint density at radius 1 is 1.18 bits per heavy atom. The molecule has 0 heterocycles.